The van der Waals surface area contributed by atoms with Crippen LogP contribution in [0.2, 0.25) is 0 Å². The van der Waals surface area contributed by atoms with Gasteiger partial charge in [0.2, 0.25) is 0 Å². The third kappa shape index (κ3) is 4.71. The van der Waals surface area contributed by atoms with Crippen molar-refractivity contribution in [3.05, 3.63) is 71.3 Å². The van der Waals surface area contributed by atoms with Gasteiger partial charge in [0, 0.05) is 31.0 Å². The number of alkyl halides is 3. The summed E-state index contributed by atoms with van der Waals surface area (Å²) in [4.78, 5) is 25.9. The Morgan fingerprint density at radius 2 is 1.64 bits per heavy atom. The van der Waals surface area contributed by atoms with Crippen molar-refractivity contribution in [3.8, 4) is 0 Å². The lowest BCUT2D eigenvalue weighted by molar-refractivity contribution is -0.141. The van der Waals surface area contributed by atoms with E-state index in [0.29, 0.717) is 11.1 Å². The molecular weight excluding hydrogens is 371 g/mol. The highest BCUT2D eigenvalue weighted by atomic mass is 19.4. The number of aliphatic carboxylic acids is 1. The molecule has 1 heterocycles. The molecular formula is C21H20F3NO3. The molecule has 1 saturated heterocycles. The standard InChI is InChI=1S/C21H20F3NO3/c22-21(23,24)11-10-14-6-8-16(9-7-14)19(26)25-12-17(18(13-25)20(27)28)15-4-2-1-3-5-15/h1-9,17-18H,10-13H2,(H,27,28). The lowest BCUT2D eigenvalue weighted by atomic mass is 9.89. The molecule has 0 saturated carbocycles. The summed E-state index contributed by atoms with van der Waals surface area (Å²) in [6.07, 6.45) is -5.27. The number of amides is 1. The molecule has 1 amide bonds. The van der Waals surface area contributed by atoms with Gasteiger partial charge in [-0.05, 0) is 29.7 Å². The first-order chi connectivity index (χ1) is 13.2. The highest BCUT2D eigenvalue weighted by Gasteiger charge is 2.40. The summed E-state index contributed by atoms with van der Waals surface area (Å²) in [5.74, 6) is -2.26. The Kier molecular flexibility index (Phi) is 5.72. The molecule has 0 aliphatic carbocycles. The first-order valence-electron chi connectivity index (χ1n) is 8.97. The van der Waals surface area contributed by atoms with Crippen LogP contribution in [-0.4, -0.2) is 41.1 Å². The molecule has 3 rings (SSSR count). The fraction of sp³-hybridized carbons (Fsp3) is 0.333. The van der Waals surface area contributed by atoms with Crippen LogP contribution < -0.4 is 0 Å². The number of carboxylic acid groups (broad SMARTS) is 1. The zero-order valence-electron chi connectivity index (χ0n) is 15.0. The SMILES string of the molecule is O=C(O)C1CN(C(=O)c2ccc(CCC(F)(F)F)cc2)CC1c1ccccc1. The van der Waals surface area contributed by atoms with E-state index < -0.39 is 24.5 Å². The Morgan fingerprint density at radius 3 is 2.21 bits per heavy atom. The van der Waals surface area contributed by atoms with E-state index in [0.717, 1.165) is 5.56 Å². The van der Waals surface area contributed by atoms with Crippen LogP contribution in [-0.2, 0) is 11.2 Å². The number of aryl methyl sites for hydroxylation is 1. The van der Waals surface area contributed by atoms with Crippen LogP contribution in [0.1, 0.15) is 33.8 Å². The Bertz CT molecular complexity index is 834. The average Bonchev–Trinajstić information content (AvgIpc) is 3.12. The Labute approximate surface area is 160 Å². The highest BCUT2D eigenvalue weighted by molar-refractivity contribution is 5.95. The van der Waals surface area contributed by atoms with Crippen LogP contribution >= 0.6 is 0 Å². The number of rotatable bonds is 5. The summed E-state index contributed by atoms with van der Waals surface area (Å²) in [5, 5.41) is 9.55. The van der Waals surface area contributed by atoms with Crippen molar-refractivity contribution < 1.29 is 27.9 Å². The van der Waals surface area contributed by atoms with E-state index in [4.69, 9.17) is 0 Å². The summed E-state index contributed by atoms with van der Waals surface area (Å²) in [5.41, 5.74) is 1.71. The zero-order chi connectivity index (χ0) is 20.3. The van der Waals surface area contributed by atoms with Gasteiger partial charge in [-0.1, -0.05) is 42.5 Å². The van der Waals surface area contributed by atoms with Gasteiger partial charge >= 0.3 is 12.1 Å². The Hall–Kier alpha value is -2.83. The molecule has 0 aromatic heterocycles. The summed E-state index contributed by atoms with van der Waals surface area (Å²) in [7, 11) is 0. The number of hydrogen-bond acceptors (Lipinski definition) is 2. The lowest BCUT2D eigenvalue weighted by Gasteiger charge is -2.17. The van der Waals surface area contributed by atoms with Crippen molar-refractivity contribution in [2.75, 3.05) is 13.1 Å². The second kappa shape index (κ2) is 8.04. The maximum atomic E-state index is 12.8. The van der Waals surface area contributed by atoms with Gasteiger partial charge < -0.3 is 10.0 Å². The largest absolute Gasteiger partial charge is 0.481 e. The maximum absolute atomic E-state index is 12.8. The van der Waals surface area contributed by atoms with E-state index in [1.165, 1.54) is 29.2 Å². The lowest BCUT2D eigenvalue weighted by Crippen LogP contribution is -2.29. The van der Waals surface area contributed by atoms with Gasteiger partial charge in [0.15, 0.2) is 0 Å². The fourth-order valence-electron chi connectivity index (χ4n) is 3.54. The number of likely N-dealkylation sites (tertiary alicyclic amines) is 1. The summed E-state index contributed by atoms with van der Waals surface area (Å²) >= 11 is 0. The monoisotopic (exact) mass is 391 g/mol. The quantitative estimate of drug-likeness (QED) is 0.834. The van der Waals surface area contributed by atoms with Gasteiger partial charge in [-0.2, -0.15) is 13.2 Å². The average molecular weight is 391 g/mol. The third-order valence-corrected chi connectivity index (χ3v) is 5.05. The first-order valence-corrected chi connectivity index (χ1v) is 8.97. The molecule has 1 fully saturated rings. The molecule has 0 bridgehead atoms. The Morgan fingerprint density at radius 1 is 1.00 bits per heavy atom. The van der Waals surface area contributed by atoms with Crippen molar-refractivity contribution in [1.82, 2.24) is 4.90 Å². The van der Waals surface area contributed by atoms with Crippen molar-refractivity contribution in [1.29, 1.82) is 0 Å². The molecule has 0 radical (unpaired) electrons. The maximum Gasteiger partial charge on any atom is 0.389 e. The summed E-state index contributed by atoms with van der Waals surface area (Å²) in [6, 6.07) is 15.2. The molecule has 2 unspecified atom stereocenters. The van der Waals surface area contributed by atoms with Crippen LogP contribution in [0.4, 0.5) is 13.2 Å². The van der Waals surface area contributed by atoms with Crippen LogP contribution in [0, 0.1) is 5.92 Å². The fourth-order valence-corrected chi connectivity index (χ4v) is 3.54. The van der Waals surface area contributed by atoms with E-state index in [1.54, 1.807) is 0 Å². The van der Waals surface area contributed by atoms with Crippen molar-refractivity contribution in [2.45, 2.75) is 24.9 Å². The number of carboxylic acids is 1. The Balaban J connectivity index is 1.71. The van der Waals surface area contributed by atoms with E-state index >= 15 is 0 Å². The van der Waals surface area contributed by atoms with Gasteiger partial charge in [0.25, 0.3) is 5.91 Å². The normalized spacial score (nSPS) is 19.6. The van der Waals surface area contributed by atoms with Crippen LogP contribution in [0.5, 0.6) is 0 Å². The van der Waals surface area contributed by atoms with E-state index in [-0.39, 0.29) is 31.3 Å². The van der Waals surface area contributed by atoms with Crippen LogP contribution in [0.15, 0.2) is 54.6 Å². The molecule has 28 heavy (non-hydrogen) atoms. The predicted molar refractivity (Wildman–Crippen MR) is 97.0 cm³/mol. The summed E-state index contributed by atoms with van der Waals surface area (Å²) in [6.45, 7) is 0.388. The molecule has 148 valence electrons. The zero-order valence-corrected chi connectivity index (χ0v) is 15.0. The van der Waals surface area contributed by atoms with E-state index in [2.05, 4.69) is 0 Å². The minimum atomic E-state index is -4.22. The number of carbonyl (C=O) groups is 2. The van der Waals surface area contributed by atoms with Gasteiger partial charge in [-0.25, -0.2) is 0 Å². The molecule has 2 aromatic carbocycles. The van der Waals surface area contributed by atoms with Crippen molar-refractivity contribution >= 4 is 11.9 Å². The predicted octanol–water partition coefficient (Wildman–Crippen LogP) is 4.12. The first kappa shape index (κ1) is 19.9. The molecule has 1 aliphatic heterocycles. The molecule has 7 heteroatoms. The summed E-state index contributed by atoms with van der Waals surface area (Å²) < 4.78 is 37.0. The van der Waals surface area contributed by atoms with Gasteiger partial charge in [0.1, 0.15) is 0 Å². The van der Waals surface area contributed by atoms with Crippen molar-refractivity contribution in [3.63, 3.8) is 0 Å². The highest BCUT2D eigenvalue weighted by Crippen LogP contribution is 2.33. The second-order valence-corrected chi connectivity index (χ2v) is 6.98. The number of hydrogen-bond donors (Lipinski definition) is 1. The molecule has 2 atom stereocenters. The number of carbonyl (C=O) groups excluding carboxylic acids is 1. The number of benzene rings is 2. The number of halogens is 3. The minimum Gasteiger partial charge on any atom is -0.481 e. The molecule has 4 nitrogen and oxygen atoms in total. The smallest absolute Gasteiger partial charge is 0.389 e. The number of nitrogens with zero attached hydrogens (tertiary/aromatic N) is 1. The van der Waals surface area contributed by atoms with E-state index in [9.17, 15) is 27.9 Å². The van der Waals surface area contributed by atoms with Gasteiger partial charge in [0.05, 0.1) is 5.92 Å². The topological polar surface area (TPSA) is 57.6 Å². The van der Waals surface area contributed by atoms with Gasteiger partial charge in [-0.15, -0.1) is 0 Å². The molecule has 0 spiro atoms. The second-order valence-electron chi connectivity index (χ2n) is 6.98. The molecule has 1 aliphatic rings. The minimum absolute atomic E-state index is 0.101. The van der Waals surface area contributed by atoms with Crippen LogP contribution in [0.3, 0.4) is 0 Å². The van der Waals surface area contributed by atoms with Crippen molar-refractivity contribution in [2.24, 2.45) is 5.92 Å². The van der Waals surface area contributed by atoms with Gasteiger partial charge in [-0.3, -0.25) is 9.59 Å². The third-order valence-electron chi connectivity index (χ3n) is 5.05. The van der Waals surface area contributed by atoms with E-state index in [1.807, 2.05) is 30.3 Å². The molecule has 2 aromatic rings. The van der Waals surface area contributed by atoms with Crippen LogP contribution in [0.25, 0.3) is 0 Å². The molecule has 1 N–H and O–H groups in total.